The Balaban J connectivity index is 2.12. The molecule has 3 rings (SSSR count). The van der Waals surface area contributed by atoms with E-state index in [0.717, 1.165) is 48.2 Å². The Kier molecular flexibility index (Phi) is 9.24. The SMILES string of the molecule is C=C(C)/C=C(\C=C/C)N(C(=O)Cn1ccnc1C)C(C(=O)NC1CCCCC1)c1ccccc1C. The van der Waals surface area contributed by atoms with Gasteiger partial charge < -0.3 is 9.88 Å². The molecular weight excluding hydrogens is 436 g/mol. The highest BCUT2D eigenvalue weighted by atomic mass is 16.2. The minimum atomic E-state index is -0.809. The molecule has 1 atom stereocenters. The van der Waals surface area contributed by atoms with Crippen molar-refractivity contribution in [1.82, 2.24) is 19.8 Å². The van der Waals surface area contributed by atoms with Crippen LogP contribution >= 0.6 is 0 Å². The van der Waals surface area contributed by atoms with Crippen LogP contribution in [0, 0.1) is 13.8 Å². The third kappa shape index (κ3) is 6.81. The van der Waals surface area contributed by atoms with Crippen LogP contribution < -0.4 is 5.32 Å². The molecular formula is C29H38N4O2. The third-order valence-corrected chi connectivity index (χ3v) is 6.45. The summed E-state index contributed by atoms with van der Waals surface area (Å²) >= 11 is 0. The minimum Gasteiger partial charge on any atom is -0.351 e. The van der Waals surface area contributed by atoms with Crippen molar-refractivity contribution in [3.8, 4) is 0 Å². The summed E-state index contributed by atoms with van der Waals surface area (Å²) in [6, 6.07) is 7.12. The summed E-state index contributed by atoms with van der Waals surface area (Å²) < 4.78 is 1.80. The molecule has 1 aliphatic rings. The number of imidazole rings is 1. The van der Waals surface area contributed by atoms with Gasteiger partial charge in [0.05, 0.1) is 0 Å². The van der Waals surface area contributed by atoms with E-state index < -0.39 is 6.04 Å². The Morgan fingerprint density at radius 2 is 1.94 bits per heavy atom. The number of amides is 2. The van der Waals surface area contributed by atoms with Gasteiger partial charge in [0.15, 0.2) is 0 Å². The summed E-state index contributed by atoms with van der Waals surface area (Å²) in [6.45, 7) is 11.7. The Bertz CT molecular complexity index is 1110. The van der Waals surface area contributed by atoms with E-state index in [1.807, 2.05) is 70.2 Å². The third-order valence-electron chi connectivity index (χ3n) is 6.45. The zero-order chi connectivity index (χ0) is 25.4. The van der Waals surface area contributed by atoms with Crippen molar-refractivity contribution < 1.29 is 9.59 Å². The second-order valence-corrected chi connectivity index (χ2v) is 9.38. The van der Waals surface area contributed by atoms with Crippen molar-refractivity contribution in [2.24, 2.45) is 0 Å². The zero-order valence-electron chi connectivity index (χ0n) is 21.5. The molecule has 1 saturated carbocycles. The lowest BCUT2D eigenvalue weighted by molar-refractivity contribution is -0.139. The molecule has 1 unspecified atom stereocenters. The van der Waals surface area contributed by atoms with Gasteiger partial charge in [0.25, 0.3) is 0 Å². The molecule has 1 N–H and O–H groups in total. The monoisotopic (exact) mass is 474 g/mol. The number of aryl methyl sites for hydroxylation is 2. The van der Waals surface area contributed by atoms with E-state index in [1.54, 1.807) is 21.9 Å². The largest absolute Gasteiger partial charge is 0.351 e. The molecule has 1 aromatic heterocycles. The number of hydrogen-bond donors (Lipinski definition) is 1. The fourth-order valence-electron chi connectivity index (χ4n) is 4.67. The smallest absolute Gasteiger partial charge is 0.248 e. The van der Waals surface area contributed by atoms with Crippen LogP contribution in [-0.2, 0) is 16.1 Å². The van der Waals surface area contributed by atoms with Crippen LogP contribution in [0.3, 0.4) is 0 Å². The van der Waals surface area contributed by atoms with Gasteiger partial charge in [0, 0.05) is 24.1 Å². The predicted molar refractivity (Wildman–Crippen MR) is 140 cm³/mol. The van der Waals surface area contributed by atoms with Crippen LogP contribution in [0.5, 0.6) is 0 Å². The number of allylic oxidation sites excluding steroid dienone is 4. The van der Waals surface area contributed by atoms with Crippen molar-refractivity contribution in [2.45, 2.75) is 78.4 Å². The van der Waals surface area contributed by atoms with E-state index in [9.17, 15) is 9.59 Å². The number of carbonyl (C=O) groups excluding carboxylic acids is 2. The highest BCUT2D eigenvalue weighted by molar-refractivity contribution is 5.90. The van der Waals surface area contributed by atoms with E-state index in [0.29, 0.717) is 5.70 Å². The van der Waals surface area contributed by atoms with Crippen molar-refractivity contribution in [2.75, 3.05) is 0 Å². The highest BCUT2D eigenvalue weighted by Gasteiger charge is 2.35. The van der Waals surface area contributed by atoms with Gasteiger partial charge in [-0.2, -0.15) is 0 Å². The summed E-state index contributed by atoms with van der Waals surface area (Å²) in [5, 5.41) is 3.27. The molecule has 1 aromatic carbocycles. The van der Waals surface area contributed by atoms with Crippen molar-refractivity contribution in [1.29, 1.82) is 0 Å². The van der Waals surface area contributed by atoms with Crippen molar-refractivity contribution in [3.05, 3.63) is 89.7 Å². The van der Waals surface area contributed by atoms with Crippen LogP contribution in [0.15, 0.2) is 72.7 Å². The van der Waals surface area contributed by atoms with Gasteiger partial charge in [-0.3, -0.25) is 14.5 Å². The number of nitrogens with zero attached hydrogens (tertiary/aromatic N) is 3. The zero-order valence-corrected chi connectivity index (χ0v) is 21.5. The molecule has 0 bridgehead atoms. The summed E-state index contributed by atoms with van der Waals surface area (Å²) in [7, 11) is 0. The Hall–Kier alpha value is -3.41. The van der Waals surface area contributed by atoms with Gasteiger partial charge in [-0.15, -0.1) is 0 Å². The van der Waals surface area contributed by atoms with Gasteiger partial charge in [0.2, 0.25) is 11.8 Å². The molecule has 0 aliphatic heterocycles. The molecule has 1 fully saturated rings. The first-order valence-corrected chi connectivity index (χ1v) is 12.5. The highest BCUT2D eigenvalue weighted by Crippen LogP contribution is 2.30. The molecule has 0 spiro atoms. The van der Waals surface area contributed by atoms with Crippen LogP contribution in [0.1, 0.15) is 68.9 Å². The van der Waals surface area contributed by atoms with Crippen LogP contribution in [0.4, 0.5) is 0 Å². The number of carbonyl (C=O) groups is 2. The molecule has 1 heterocycles. The lowest BCUT2D eigenvalue weighted by Crippen LogP contribution is -2.47. The second-order valence-electron chi connectivity index (χ2n) is 9.38. The fraction of sp³-hybridized carbons (Fsp3) is 0.414. The molecule has 0 radical (unpaired) electrons. The molecule has 1 aliphatic carbocycles. The van der Waals surface area contributed by atoms with Gasteiger partial charge in [-0.05, 0) is 63.8 Å². The molecule has 35 heavy (non-hydrogen) atoms. The first-order valence-electron chi connectivity index (χ1n) is 12.5. The summed E-state index contributed by atoms with van der Waals surface area (Å²) in [4.78, 5) is 33.8. The number of hydrogen-bond acceptors (Lipinski definition) is 3. The summed E-state index contributed by atoms with van der Waals surface area (Å²) in [5.41, 5.74) is 3.21. The lowest BCUT2D eigenvalue weighted by atomic mass is 9.93. The maximum absolute atomic E-state index is 14.0. The maximum Gasteiger partial charge on any atom is 0.248 e. The molecule has 6 heteroatoms. The fourth-order valence-corrected chi connectivity index (χ4v) is 4.67. The van der Waals surface area contributed by atoms with Crippen molar-refractivity contribution >= 4 is 11.8 Å². The molecule has 2 aromatic rings. The van der Waals surface area contributed by atoms with Crippen LogP contribution in [0.25, 0.3) is 0 Å². The lowest BCUT2D eigenvalue weighted by Gasteiger charge is -2.35. The van der Waals surface area contributed by atoms with Crippen LogP contribution in [-0.4, -0.2) is 32.3 Å². The first kappa shape index (κ1) is 26.2. The van der Waals surface area contributed by atoms with Crippen LogP contribution in [0.2, 0.25) is 0 Å². The summed E-state index contributed by atoms with van der Waals surface area (Å²) in [6.07, 6.45) is 14.4. The maximum atomic E-state index is 14.0. The predicted octanol–water partition coefficient (Wildman–Crippen LogP) is 5.55. The van der Waals surface area contributed by atoms with Gasteiger partial charge in [-0.1, -0.05) is 61.8 Å². The molecule has 2 amide bonds. The average Bonchev–Trinajstić information content (AvgIpc) is 3.22. The Labute approximate surface area is 209 Å². The molecule has 0 saturated heterocycles. The van der Waals surface area contributed by atoms with Gasteiger partial charge in [0.1, 0.15) is 18.4 Å². The first-order chi connectivity index (χ1) is 16.8. The van der Waals surface area contributed by atoms with Gasteiger partial charge in [-0.25, -0.2) is 4.98 Å². The van der Waals surface area contributed by atoms with E-state index in [1.165, 1.54) is 6.42 Å². The van der Waals surface area contributed by atoms with Crippen molar-refractivity contribution in [3.63, 3.8) is 0 Å². The van der Waals surface area contributed by atoms with E-state index in [2.05, 4.69) is 16.9 Å². The normalized spacial score (nSPS) is 15.7. The molecule has 6 nitrogen and oxygen atoms in total. The van der Waals surface area contributed by atoms with E-state index >= 15 is 0 Å². The second kappa shape index (κ2) is 12.3. The minimum absolute atomic E-state index is 0.0794. The Morgan fingerprint density at radius 1 is 1.23 bits per heavy atom. The van der Waals surface area contributed by atoms with E-state index in [4.69, 9.17) is 0 Å². The number of aromatic nitrogens is 2. The number of benzene rings is 1. The standard InChI is InChI=1S/C29H38N4O2/c1-6-12-25(19-21(2)3)33(27(34)20-32-18-17-30-23(32)5)28(26-16-11-10-13-22(26)4)29(35)31-24-14-8-7-9-15-24/h6,10-13,16-19,24,28H,2,7-9,14-15,20H2,1,3-5H3,(H,31,35)/b12-6-,25-19+. The number of rotatable bonds is 9. The van der Waals surface area contributed by atoms with E-state index in [-0.39, 0.29) is 24.4 Å². The van der Waals surface area contributed by atoms with Gasteiger partial charge >= 0.3 is 0 Å². The topological polar surface area (TPSA) is 67.2 Å². The average molecular weight is 475 g/mol. The Morgan fingerprint density at radius 3 is 2.54 bits per heavy atom. The quantitative estimate of drug-likeness (QED) is 0.484. The summed E-state index contributed by atoms with van der Waals surface area (Å²) in [5.74, 6) is 0.400. The number of nitrogens with one attached hydrogen (secondary N) is 1. The molecule has 186 valence electrons.